The Kier molecular flexibility index (Phi) is 42.4. The summed E-state index contributed by atoms with van der Waals surface area (Å²) in [6.07, 6.45) is 9.44. The van der Waals surface area contributed by atoms with Crippen LogP contribution in [0.15, 0.2) is 60.7 Å². The second-order valence-corrected chi connectivity index (χ2v) is 31.6. The van der Waals surface area contributed by atoms with Crippen molar-refractivity contribution in [2.75, 3.05) is 34.5 Å². The molecular weight excluding hydrogens is 1440 g/mol. The number of carboxylic acids is 1. The lowest BCUT2D eigenvalue weighted by molar-refractivity contribution is -0.171. The number of likely N-dealkylation sites (N-methyl/N-ethyl adjacent to an activating group) is 1. The van der Waals surface area contributed by atoms with E-state index in [-0.39, 0.29) is 115 Å². The van der Waals surface area contributed by atoms with Gasteiger partial charge in [-0.3, -0.25) is 43.2 Å². The van der Waals surface area contributed by atoms with Crippen LogP contribution in [-0.4, -0.2) is 180 Å². The summed E-state index contributed by atoms with van der Waals surface area (Å²) >= 11 is 0. The average molecular weight is 1560 g/mol. The minimum Gasteiger partial charge on any atom is -0.480 e. The molecule has 30 heteroatoms. The van der Waals surface area contributed by atoms with Crippen LogP contribution < -0.4 is 27.0 Å². The van der Waals surface area contributed by atoms with Crippen LogP contribution in [0.5, 0.6) is 0 Å². The normalized spacial score (nSPS) is 19.6. The summed E-state index contributed by atoms with van der Waals surface area (Å²) in [5, 5.41) is 20.1. The largest absolute Gasteiger partial charge is 0.480 e. The first-order valence-electron chi connectivity index (χ1n) is 37.2. The zero-order valence-electron chi connectivity index (χ0n) is 66.4. The maximum Gasteiger partial charge on any atom is 0.408 e. The molecule has 5 saturated carbocycles. The lowest BCUT2D eigenvalue weighted by Crippen LogP contribution is -2.49. The third kappa shape index (κ3) is 40.3. The molecule has 10 atom stereocenters. The molecule has 29 nitrogen and oxygen atoms in total. The van der Waals surface area contributed by atoms with Crippen molar-refractivity contribution in [3.05, 3.63) is 71.8 Å². The predicted octanol–water partition coefficient (Wildman–Crippen LogP) is 10.9. The fourth-order valence-corrected chi connectivity index (χ4v) is 12.3. The molecule has 0 spiro atoms. The van der Waals surface area contributed by atoms with Crippen LogP contribution in [0.25, 0.3) is 0 Å². The number of carbonyl (C=O) groups excluding carboxylic acids is 13. The number of nitrogens with one attached hydrogen (secondary N) is 4. The van der Waals surface area contributed by atoms with Crippen molar-refractivity contribution < 1.29 is 110 Å². The lowest BCUT2D eigenvalue weighted by Gasteiger charge is -2.26. The molecule has 0 radical (unpaired) electrons. The van der Waals surface area contributed by atoms with E-state index in [9.17, 15) is 67.1 Å². The predicted molar refractivity (Wildman–Crippen MR) is 404 cm³/mol. The maximum absolute atomic E-state index is 12.6. The first-order chi connectivity index (χ1) is 50.5. The van der Waals surface area contributed by atoms with Gasteiger partial charge in [0.1, 0.15) is 82.7 Å². The van der Waals surface area contributed by atoms with Crippen LogP contribution >= 0.6 is 12.4 Å². The summed E-state index contributed by atoms with van der Waals surface area (Å²) in [7, 11) is 4.08. The fourth-order valence-electron chi connectivity index (χ4n) is 12.3. The number of hydrogen-bond acceptors (Lipinski definition) is 23. The first kappa shape index (κ1) is 96.8. The number of carbonyl (C=O) groups is 14. The first-order valence-corrected chi connectivity index (χ1v) is 37.2. The highest BCUT2D eigenvalue weighted by molar-refractivity contribution is 5.91. The molecule has 0 aromatic heterocycles. The molecule has 2 aromatic rings. The van der Waals surface area contributed by atoms with Crippen molar-refractivity contribution in [3.8, 4) is 0 Å². The van der Waals surface area contributed by atoms with Crippen molar-refractivity contribution in [3.63, 3.8) is 0 Å². The molecule has 7 N–H and O–H groups in total. The molecule has 5 fully saturated rings. The van der Waals surface area contributed by atoms with Gasteiger partial charge < -0.3 is 65.3 Å². The number of halogens is 1. The summed E-state index contributed by atoms with van der Waals surface area (Å²) in [6, 6.07) is 15.1. The number of nitrogens with two attached hydrogens (primary N) is 1. The van der Waals surface area contributed by atoms with E-state index in [0.29, 0.717) is 64.6 Å². The Morgan fingerprint density at radius 2 is 0.725 bits per heavy atom. The van der Waals surface area contributed by atoms with Gasteiger partial charge in [0.2, 0.25) is 0 Å². The van der Waals surface area contributed by atoms with E-state index in [2.05, 4.69) is 26.0 Å². The van der Waals surface area contributed by atoms with E-state index in [1.54, 1.807) is 83.1 Å². The zero-order chi connectivity index (χ0) is 81.1. The van der Waals surface area contributed by atoms with Gasteiger partial charge in [-0.1, -0.05) is 60.7 Å². The minimum atomic E-state index is -1.15. The van der Waals surface area contributed by atoms with Crippen LogP contribution in [0.3, 0.4) is 0 Å². The molecule has 5 aliphatic carbocycles. The highest BCUT2D eigenvalue weighted by atomic mass is 35.5. The van der Waals surface area contributed by atoms with Gasteiger partial charge in [-0.05, 0) is 191 Å². The molecule has 0 unspecified atom stereocenters. The fraction of sp³-hybridized carbons (Fsp3) is 0.671. The van der Waals surface area contributed by atoms with Gasteiger partial charge in [0.05, 0.1) is 39.5 Å². The van der Waals surface area contributed by atoms with Crippen LogP contribution in [-0.2, 0) is 99.2 Å². The van der Waals surface area contributed by atoms with Crippen LogP contribution in [0, 0.1) is 29.6 Å². The second-order valence-electron chi connectivity index (χ2n) is 31.6. The summed E-state index contributed by atoms with van der Waals surface area (Å²) in [6.45, 7) is 21.4. The molecule has 109 heavy (non-hydrogen) atoms. The van der Waals surface area contributed by atoms with Gasteiger partial charge in [-0.2, -0.15) is 0 Å². The van der Waals surface area contributed by atoms with E-state index < -0.39 is 94.8 Å². The van der Waals surface area contributed by atoms with Crippen molar-refractivity contribution in [2.45, 2.75) is 277 Å². The standard InChI is InChI=1S/C21H29NO5.C16H21NO3.C15H26N2O5.C14H23NO5.C13H21NO5.ClH/c1-21(2,3)27-20(25)22-17(12-16-10-7-11-18(16)23)19(24)14-26-13-15-8-5-4-6-9-15;17-14(9-13-7-4-8-15(13)18)16(19)11-20-10-12-5-2-1-3-6-12;1-15(2,3)22-14(20)16-11(13(19)17(4)21-5)9-10-7-6-8-12(10)18;1-14(2,3)20-13(18)15-10(12(17)19-4)8-9-6-5-7-11(9)16;1-13(2,3)19-12(18)14-9(11(16)17)7-8-5-4-6-10(8)15;/h4-6,8-9,16-17H,7,10-14H2,1-3H3,(H,22,25);1-3,5-6,13-14H,4,7-11,17H2;10-11H,6-9H2,1-5H3,(H,16,20);9-10H,5-8H2,1-4H3,(H,15,18);8-9H,4-7H2,1-3H3,(H,14,18)(H,16,17);1H/t16-,17-;13-,14-;10-,11-;9-,10-;8-,9-;/m00000./s1. The third-order valence-electron chi connectivity index (χ3n) is 17.7. The highest BCUT2D eigenvalue weighted by Crippen LogP contribution is 2.31. The number of alkyl carbamates (subject to hydrolysis) is 4. The van der Waals surface area contributed by atoms with Gasteiger partial charge in [-0.25, -0.2) is 33.8 Å². The summed E-state index contributed by atoms with van der Waals surface area (Å²) in [4.78, 5) is 170. The summed E-state index contributed by atoms with van der Waals surface area (Å²) in [5.41, 5.74) is 5.20. The van der Waals surface area contributed by atoms with Gasteiger partial charge in [-0.15, -0.1) is 12.4 Å². The van der Waals surface area contributed by atoms with Gasteiger partial charge >= 0.3 is 36.3 Å². The Morgan fingerprint density at radius 3 is 1.03 bits per heavy atom. The average Bonchev–Trinajstić information content (AvgIpc) is 1.82. The molecule has 0 saturated heterocycles. The third-order valence-corrected chi connectivity index (χ3v) is 17.7. The Morgan fingerprint density at radius 1 is 0.440 bits per heavy atom. The van der Waals surface area contributed by atoms with E-state index in [1.165, 1.54) is 21.3 Å². The van der Waals surface area contributed by atoms with Gasteiger partial charge in [0.15, 0.2) is 11.6 Å². The number of hydroxylamine groups is 2. The molecular formula is C79H121ClN6O23. The molecule has 0 bridgehead atoms. The summed E-state index contributed by atoms with van der Waals surface area (Å²) in [5.74, 6) is -2.59. The van der Waals surface area contributed by atoms with E-state index in [4.69, 9.17) is 44.1 Å². The van der Waals surface area contributed by atoms with Crippen molar-refractivity contribution in [1.29, 1.82) is 0 Å². The topological polar surface area (TPSA) is 410 Å². The SMILES string of the molecule is CC(C)(C)OC(=O)N[C@@H](C[C@@H]1CCCC1=O)C(=O)COCc1ccccc1.CC(C)(C)OC(=O)N[C@@H](C[C@@H]1CCCC1=O)C(=O)O.COC(=O)[C@H](C[C@@H]1CCCC1=O)NC(=O)OC(C)(C)C.CON(C)C(=O)[C@H](C[C@@H]1CCCC1=O)NC(=O)OC(C)(C)C.Cl.N[C@@H](C[C@@H]1CCCC1=O)C(=O)COCc1ccccc1. The monoisotopic (exact) mass is 1560 g/mol. The van der Waals surface area contributed by atoms with E-state index in [1.807, 2.05) is 60.7 Å². The van der Waals surface area contributed by atoms with Gasteiger partial charge in [0, 0.05) is 68.7 Å². The Balaban J connectivity index is 0.000000464. The van der Waals surface area contributed by atoms with Crippen molar-refractivity contribution in [2.24, 2.45) is 35.3 Å². The molecule has 2 aromatic carbocycles. The quantitative estimate of drug-likeness (QED) is 0.0262. The number of Topliss-reactive ketones (excluding diaryl/α,β-unsaturated/α-hetero) is 7. The number of methoxy groups -OCH3 is 1. The Hall–Kier alpha value is -8.25. The minimum absolute atomic E-state index is 0. The number of esters is 1. The van der Waals surface area contributed by atoms with Crippen LogP contribution in [0.1, 0.15) is 223 Å². The van der Waals surface area contributed by atoms with Crippen molar-refractivity contribution in [1.82, 2.24) is 26.3 Å². The van der Waals surface area contributed by atoms with E-state index in [0.717, 1.165) is 74.0 Å². The smallest absolute Gasteiger partial charge is 0.408 e. The molecule has 0 heterocycles. The maximum atomic E-state index is 12.6. The number of ketones is 7. The van der Waals surface area contributed by atoms with Crippen LogP contribution in [0.2, 0.25) is 0 Å². The number of nitrogens with zero attached hydrogens (tertiary/aromatic N) is 1. The number of rotatable bonds is 28. The molecule has 0 aliphatic heterocycles. The van der Waals surface area contributed by atoms with Crippen LogP contribution in [0.4, 0.5) is 19.2 Å². The zero-order valence-corrected chi connectivity index (χ0v) is 67.2. The molecule has 612 valence electrons. The number of hydrogen-bond donors (Lipinski definition) is 6. The number of aliphatic carboxylic acids is 1. The lowest BCUT2D eigenvalue weighted by atomic mass is 9.95. The molecule has 5 aliphatic rings. The number of amides is 5. The molecule has 5 amide bonds. The Labute approximate surface area is 647 Å². The summed E-state index contributed by atoms with van der Waals surface area (Å²) < 4.78 is 36.1. The second kappa shape index (κ2) is 47.7. The van der Waals surface area contributed by atoms with Gasteiger partial charge in [0.25, 0.3) is 5.91 Å². The highest BCUT2D eigenvalue weighted by Gasteiger charge is 2.38. The van der Waals surface area contributed by atoms with E-state index >= 15 is 0 Å². The number of ether oxygens (including phenoxy) is 7. The van der Waals surface area contributed by atoms with Crippen molar-refractivity contribution >= 4 is 95.1 Å². The number of carboxylic acid groups (broad SMARTS) is 1. The molecule has 7 rings (SSSR count). The number of benzene rings is 2. The Bertz CT molecular complexity index is 3290.